The third-order valence-electron chi connectivity index (χ3n) is 4.23. The van der Waals surface area contributed by atoms with Crippen molar-refractivity contribution in [2.45, 2.75) is 44.3 Å². The van der Waals surface area contributed by atoms with E-state index in [-0.39, 0.29) is 0 Å². The van der Waals surface area contributed by atoms with Crippen LogP contribution < -0.4 is 5.32 Å². The molecule has 0 bridgehead atoms. The fraction of sp³-hybridized carbons (Fsp3) is 0.600. The van der Waals surface area contributed by atoms with E-state index in [0.717, 1.165) is 5.56 Å². The number of phenols is 1. The molecule has 0 atom stereocenters. The highest BCUT2D eigenvalue weighted by atomic mass is 35.5. The second-order valence-corrected chi connectivity index (χ2v) is 5.85. The van der Waals surface area contributed by atoms with Gasteiger partial charge in [0.2, 0.25) is 0 Å². The van der Waals surface area contributed by atoms with Crippen molar-refractivity contribution in [1.82, 2.24) is 10.2 Å². The van der Waals surface area contributed by atoms with Gasteiger partial charge in [-0.25, -0.2) is 0 Å². The zero-order valence-corrected chi connectivity index (χ0v) is 12.5. The van der Waals surface area contributed by atoms with Crippen LogP contribution in [0, 0.1) is 0 Å². The molecule has 1 fully saturated rings. The van der Waals surface area contributed by atoms with E-state index in [1.54, 1.807) is 12.1 Å². The Kier molecular flexibility index (Phi) is 5.08. The summed E-state index contributed by atoms with van der Waals surface area (Å²) in [6.07, 6.45) is 4.85. The third-order valence-corrected chi connectivity index (χ3v) is 4.58. The van der Waals surface area contributed by atoms with Crippen molar-refractivity contribution < 1.29 is 5.11 Å². The van der Waals surface area contributed by atoms with E-state index in [9.17, 15) is 5.11 Å². The molecule has 4 heteroatoms. The molecule has 0 aromatic heterocycles. The molecule has 0 aliphatic heterocycles. The number of hydrogen-bond donors (Lipinski definition) is 2. The fourth-order valence-corrected chi connectivity index (χ4v) is 3.12. The Bertz CT molecular complexity index is 396. The Morgan fingerprint density at radius 1 is 1.32 bits per heavy atom. The van der Waals surface area contributed by atoms with Gasteiger partial charge in [0.1, 0.15) is 5.75 Å². The van der Waals surface area contributed by atoms with Crippen molar-refractivity contribution in [3.8, 4) is 5.75 Å². The van der Waals surface area contributed by atoms with Gasteiger partial charge in [-0.3, -0.25) is 4.90 Å². The van der Waals surface area contributed by atoms with E-state index in [4.69, 9.17) is 11.6 Å². The Morgan fingerprint density at radius 2 is 2.00 bits per heavy atom. The quantitative estimate of drug-likeness (QED) is 0.891. The van der Waals surface area contributed by atoms with E-state index in [2.05, 4.69) is 17.3 Å². The van der Waals surface area contributed by atoms with Crippen LogP contribution in [-0.4, -0.2) is 36.2 Å². The second-order valence-electron chi connectivity index (χ2n) is 5.45. The SMILES string of the molecule is CNC1CCC(N(C)Cc2c(O)cccc2Cl)CC1. The molecule has 1 aliphatic rings. The lowest BCUT2D eigenvalue weighted by Gasteiger charge is -2.34. The van der Waals surface area contributed by atoms with Gasteiger partial charge in [-0.2, -0.15) is 0 Å². The molecule has 19 heavy (non-hydrogen) atoms. The largest absolute Gasteiger partial charge is 0.508 e. The summed E-state index contributed by atoms with van der Waals surface area (Å²) in [5.41, 5.74) is 0.836. The molecule has 2 N–H and O–H groups in total. The molecule has 1 aromatic rings. The van der Waals surface area contributed by atoms with Gasteiger partial charge in [0.15, 0.2) is 0 Å². The molecule has 2 rings (SSSR count). The summed E-state index contributed by atoms with van der Waals surface area (Å²) >= 11 is 6.16. The monoisotopic (exact) mass is 282 g/mol. The second kappa shape index (κ2) is 6.60. The van der Waals surface area contributed by atoms with Crippen LogP contribution in [0.15, 0.2) is 18.2 Å². The highest BCUT2D eigenvalue weighted by Crippen LogP contribution is 2.29. The van der Waals surface area contributed by atoms with Gasteiger partial charge in [-0.05, 0) is 51.9 Å². The number of aromatic hydroxyl groups is 1. The molecular weight excluding hydrogens is 260 g/mol. The number of phenolic OH excluding ortho intramolecular Hbond substituents is 1. The summed E-state index contributed by atoms with van der Waals surface area (Å²) in [7, 11) is 4.16. The topological polar surface area (TPSA) is 35.5 Å². The first-order chi connectivity index (χ1) is 9.11. The molecule has 0 heterocycles. The first-order valence-corrected chi connectivity index (χ1v) is 7.33. The molecule has 0 unspecified atom stereocenters. The van der Waals surface area contributed by atoms with Gasteiger partial charge in [0, 0.05) is 29.2 Å². The summed E-state index contributed by atoms with van der Waals surface area (Å²) in [6.45, 7) is 0.709. The van der Waals surface area contributed by atoms with Crippen LogP contribution in [0.4, 0.5) is 0 Å². The Morgan fingerprint density at radius 3 is 2.58 bits per heavy atom. The number of halogens is 1. The Labute approximate surface area is 120 Å². The number of nitrogens with one attached hydrogen (secondary N) is 1. The molecular formula is C15H23ClN2O. The van der Waals surface area contributed by atoms with Gasteiger partial charge in [0.25, 0.3) is 0 Å². The zero-order chi connectivity index (χ0) is 13.8. The fourth-order valence-electron chi connectivity index (χ4n) is 2.89. The maximum Gasteiger partial charge on any atom is 0.121 e. The summed E-state index contributed by atoms with van der Waals surface area (Å²) in [5.74, 6) is 0.295. The van der Waals surface area contributed by atoms with E-state index in [0.29, 0.717) is 29.4 Å². The van der Waals surface area contributed by atoms with Gasteiger partial charge >= 0.3 is 0 Å². The third kappa shape index (κ3) is 3.62. The predicted octanol–water partition coefficient (Wildman–Crippen LogP) is 3.01. The van der Waals surface area contributed by atoms with E-state index >= 15 is 0 Å². The molecule has 3 nitrogen and oxygen atoms in total. The summed E-state index contributed by atoms with van der Waals surface area (Å²) in [6, 6.07) is 6.56. The minimum atomic E-state index is 0.295. The highest BCUT2D eigenvalue weighted by Gasteiger charge is 2.23. The van der Waals surface area contributed by atoms with Crippen LogP contribution in [0.2, 0.25) is 5.02 Å². The number of rotatable bonds is 4. The normalized spacial score (nSPS) is 23.8. The zero-order valence-electron chi connectivity index (χ0n) is 11.7. The van der Waals surface area contributed by atoms with E-state index in [1.165, 1.54) is 25.7 Å². The maximum atomic E-state index is 9.90. The summed E-state index contributed by atoms with van der Waals surface area (Å²) in [5, 5.41) is 13.9. The molecule has 1 saturated carbocycles. The number of hydrogen-bond acceptors (Lipinski definition) is 3. The molecule has 1 aliphatic carbocycles. The van der Waals surface area contributed by atoms with Crippen molar-refractivity contribution in [2.75, 3.05) is 14.1 Å². The van der Waals surface area contributed by atoms with Gasteiger partial charge in [-0.15, -0.1) is 0 Å². The van der Waals surface area contributed by atoms with Crippen molar-refractivity contribution in [2.24, 2.45) is 0 Å². The molecule has 106 valence electrons. The standard InChI is InChI=1S/C15H23ClN2O/c1-17-11-6-8-12(9-7-11)18(2)10-13-14(16)4-3-5-15(13)19/h3-5,11-12,17,19H,6-10H2,1-2H3. The molecule has 0 amide bonds. The smallest absolute Gasteiger partial charge is 0.121 e. The summed E-state index contributed by atoms with van der Waals surface area (Å²) < 4.78 is 0. The van der Waals surface area contributed by atoms with Gasteiger partial charge in [0.05, 0.1) is 0 Å². The lowest BCUT2D eigenvalue weighted by molar-refractivity contribution is 0.168. The predicted molar refractivity (Wildman–Crippen MR) is 79.7 cm³/mol. The first kappa shape index (κ1) is 14.6. The van der Waals surface area contributed by atoms with E-state index in [1.807, 2.05) is 13.1 Å². The Hall–Kier alpha value is -0.770. The lowest BCUT2D eigenvalue weighted by atomic mass is 9.90. The lowest BCUT2D eigenvalue weighted by Crippen LogP contribution is -2.39. The summed E-state index contributed by atoms with van der Waals surface area (Å²) in [4.78, 5) is 2.31. The van der Waals surface area contributed by atoms with E-state index < -0.39 is 0 Å². The van der Waals surface area contributed by atoms with Crippen LogP contribution in [-0.2, 0) is 6.54 Å². The molecule has 1 aromatic carbocycles. The minimum Gasteiger partial charge on any atom is -0.508 e. The van der Waals surface area contributed by atoms with Crippen molar-refractivity contribution in [3.63, 3.8) is 0 Å². The number of nitrogens with zero attached hydrogens (tertiary/aromatic N) is 1. The van der Waals surface area contributed by atoms with Gasteiger partial charge in [-0.1, -0.05) is 17.7 Å². The Balaban J connectivity index is 1.96. The van der Waals surface area contributed by atoms with Crippen molar-refractivity contribution in [1.29, 1.82) is 0 Å². The molecule has 0 radical (unpaired) electrons. The highest BCUT2D eigenvalue weighted by molar-refractivity contribution is 6.31. The van der Waals surface area contributed by atoms with Crippen LogP contribution in [0.1, 0.15) is 31.2 Å². The van der Waals surface area contributed by atoms with Crippen LogP contribution in [0.25, 0.3) is 0 Å². The maximum absolute atomic E-state index is 9.90. The molecule has 0 saturated heterocycles. The first-order valence-electron chi connectivity index (χ1n) is 6.95. The van der Waals surface area contributed by atoms with Crippen LogP contribution >= 0.6 is 11.6 Å². The molecule has 0 spiro atoms. The number of benzene rings is 1. The minimum absolute atomic E-state index is 0.295. The van der Waals surface area contributed by atoms with Gasteiger partial charge < -0.3 is 10.4 Å². The van der Waals surface area contributed by atoms with Crippen LogP contribution in [0.5, 0.6) is 5.75 Å². The average molecular weight is 283 g/mol. The van der Waals surface area contributed by atoms with Crippen molar-refractivity contribution in [3.05, 3.63) is 28.8 Å². The average Bonchev–Trinajstić information content (AvgIpc) is 2.43. The van der Waals surface area contributed by atoms with Crippen molar-refractivity contribution >= 4 is 11.6 Å². The van der Waals surface area contributed by atoms with Crippen LogP contribution in [0.3, 0.4) is 0 Å².